The molecule has 3 rings (SSSR count). The maximum absolute atomic E-state index is 11.7. The number of hydrogen-bond donors (Lipinski definition) is 0. The Kier molecular flexibility index (Phi) is 2.09. The van der Waals surface area contributed by atoms with E-state index in [1.54, 1.807) is 6.20 Å². The first-order valence-corrected chi connectivity index (χ1v) is 6.02. The Balaban J connectivity index is 1.59. The Morgan fingerprint density at radius 3 is 2.73 bits per heavy atom. The van der Waals surface area contributed by atoms with E-state index in [1.807, 2.05) is 15.8 Å². The van der Waals surface area contributed by atoms with Gasteiger partial charge in [-0.3, -0.25) is 9.48 Å². The zero-order valence-electron chi connectivity index (χ0n) is 8.27. The van der Waals surface area contributed by atoms with Gasteiger partial charge in [-0.15, -0.1) is 0 Å². The summed E-state index contributed by atoms with van der Waals surface area (Å²) in [5.74, 6) is 0.688. The molecule has 2 aliphatic rings. The molecule has 1 aromatic rings. The lowest BCUT2D eigenvalue weighted by atomic mass is 10.1. The summed E-state index contributed by atoms with van der Waals surface area (Å²) >= 11 is 3.37. The van der Waals surface area contributed by atoms with E-state index in [2.05, 4.69) is 21.0 Å². The van der Waals surface area contributed by atoms with Crippen molar-refractivity contribution < 1.29 is 4.79 Å². The fourth-order valence-corrected chi connectivity index (χ4v) is 2.21. The Morgan fingerprint density at radius 1 is 1.47 bits per heavy atom. The molecule has 4 nitrogen and oxygen atoms in total. The highest BCUT2D eigenvalue weighted by Gasteiger charge is 2.39. The van der Waals surface area contributed by atoms with E-state index in [9.17, 15) is 4.79 Å². The van der Waals surface area contributed by atoms with Crippen LogP contribution in [0.1, 0.15) is 18.9 Å². The molecule has 15 heavy (non-hydrogen) atoms. The van der Waals surface area contributed by atoms with E-state index in [-0.39, 0.29) is 0 Å². The van der Waals surface area contributed by atoms with E-state index in [4.69, 9.17) is 0 Å². The van der Waals surface area contributed by atoms with E-state index < -0.39 is 0 Å². The number of halogens is 1. The molecule has 0 bridgehead atoms. The molecule has 2 heterocycles. The number of aromatic nitrogens is 2. The highest BCUT2D eigenvalue weighted by Crippen LogP contribution is 2.34. The average Bonchev–Trinajstić information content (AvgIpc) is 2.89. The van der Waals surface area contributed by atoms with Crippen LogP contribution in [0.25, 0.3) is 0 Å². The van der Waals surface area contributed by atoms with Crippen LogP contribution in [-0.2, 0) is 4.79 Å². The van der Waals surface area contributed by atoms with Gasteiger partial charge in [0.1, 0.15) is 0 Å². The summed E-state index contributed by atoms with van der Waals surface area (Å²) in [7, 11) is 0. The standard InChI is InChI=1S/C10H12BrN3O/c11-8-3-12-14(4-8)9-5-13(6-9)10(15)7-1-2-7/h3-4,7,9H,1-2,5-6H2. The number of carbonyl (C=O) groups is 1. The zero-order chi connectivity index (χ0) is 10.4. The van der Waals surface area contributed by atoms with Crippen molar-refractivity contribution in [1.82, 2.24) is 14.7 Å². The van der Waals surface area contributed by atoms with Gasteiger partial charge in [-0.1, -0.05) is 0 Å². The van der Waals surface area contributed by atoms with Crippen LogP contribution in [0.15, 0.2) is 16.9 Å². The summed E-state index contributed by atoms with van der Waals surface area (Å²) < 4.78 is 2.93. The second-order valence-electron chi connectivity index (χ2n) is 4.31. The lowest BCUT2D eigenvalue weighted by Crippen LogP contribution is -2.51. The minimum Gasteiger partial charge on any atom is -0.338 e. The van der Waals surface area contributed by atoms with Gasteiger partial charge in [0, 0.05) is 25.2 Å². The first kappa shape index (κ1) is 9.39. The molecule has 5 heteroatoms. The summed E-state index contributed by atoms with van der Waals surface area (Å²) in [4.78, 5) is 13.6. The molecular formula is C10H12BrN3O. The van der Waals surface area contributed by atoms with Crippen LogP contribution in [-0.4, -0.2) is 33.7 Å². The van der Waals surface area contributed by atoms with Gasteiger partial charge in [0.25, 0.3) is 0 Å². The van der Waals surface area contributed by atoms with E-state index in [0.29, 0.717) is 17.9 Å². The minimum atomic E-state index is 0.343. The molecular weight excluding hydrogens is 258 g/mol. The number of hydrogen-bond acceptors (Lipinski definition) is 2. The molecule has 1 amide bonds. The largest absolute Gasteiger partial charge is 0.338 e. The third-order valence-corrected chi connectivity index (χ3v) is 3.45. The Morgan fingerprint density at radius 2 is 2.20 bits per heavy atom. The minimum absolute atomic E-state index is 0.343. The van der Waals surface area contributed by atoms with Gasteiger partial charge in [0.15, 0.2) is 0 Å². The lowest BCUT2D eigenvalue weighted by molar-refractivity contribution is -0.138. The molecule has 0 atom stereocenters. The lowest BCUT2D eigenvalue weighted by Gasteiger charge is -2.39. The van der Waals surface area contributed by atoms with Crippen molar-refractivity contribution in [1.29, 1.82) is 0 Å². The molecule has 0 radical (unpaired) electrons. The Bertz CT molecular complexity index is 393. The fourth-order valence-electron chi connectivity index (χ4n) is 1.91. The van der Waals surface area contributed by atoms with E-state index in [0.717, 1.165) is 30.4 Å². The van der Waals surface area contributed by atoms with Crippen molar-refractivity contribution in [3.63, 3.8) is 0 Å². The summed E-state index contributed by atoms with van der Waals surface area (Å²) in [6, 6.07) is 0.374. The van der Waals surface area contributed by atoms with Crippen molar-refractivity contribution in [2.24, 2.45) is 5.92 Å². The van der Waals surface area contributed by atoms with Gasteiger partial charge < -0.3 is 4.90 Å². The van der Waals surface area contributed by atoms with Gasteiger partial charge in [0.05, 0.1) is 16.7 Å². The quantitative estimate of drug-likeness (QED) is 0.815. The predicted molar refractivity (Wildman–Crippen MR) is 58.3 cm³/mol. The van der Waals surface area contributed by atoms with Crippen LogP contribution >= 0.6 is 15.9 Å². The molecule has 0 unspecified atom stereocenters. The molecule has 0 N–H and O–H groups in total. The normalized spacial score (nSPS) is 21.5. The van der Waals surface area contributed by atoms with Crippen LogP contribution in [0, 0.1) is 5.92 Å². The Labute approximate surface area is 96.4 Å². The van der Waals surface area contributed by atoms with Gasteiger partial charge in [-0.05, 0) is 28.8 Å². The van der Waals surface area contributed by atoms with E-state index >= 15 is 0 Å². The predicted octanol–water partition coefficient (Wildman–Crippen LogP) is 1.44. The van der Waals surface area contributed by atoms with Crippen molar-refractivity contribution in [3.8, 4) is 0 Å². The van der Waals surface area contributed by atoms with Gasteiger partial charge >= 0.3 is 0 Å². The maximum atomic E-state index is 11.7. The topological polar surface area (TPSA) is 38.1 Å². The van der Waals surface area contributed by atoms with Crippen molar-refractivity contribution in [2.45, 2.75) is 18.9 Å². The van der Waals surface area contributed by atoms with Crippen molar-refractivity contribution >= 4 is 21.8 Å². The molecule has 1 saturated carbocycles. The number of amides is 1. The van der Waals surface area contributed by atoms with Crippen LogP contribution in [0.3, 0.4) is 0 Å². The second-order valence-corrected chi connectivity index (χ2v) is 5.23. The molecule has 1 aliphatic carbocycles. The van der Waals surface area contributed by atoms with Crippen LogP contribution in [0.5, 0.6) is 0 Å². The molecule has 1 aromatic heterocycles. The highest BCUT2D eigenvalue weighted by atomic mass is 79.9. The average molecular weight is 270 g/mol. The van der Waals surface area contributed by atoms with Crippen molar-refractivity contribution in [2.75, 3.05) is 13.1 Å². The molecule has 1 saturated heterocycles. The zero-order valence-corrected chi connectivity index (χ0v) is 9.85. The molecule has 1 aliphatic heterocycles. The molecule has 0 aromatic carbocycles. The summed E-state index contributed by atoms with van der Waals surface area (Å²) in [5.41, 5.74) is 0. The van der Waals surface area contributed by atoms with E-state index in [1.165, 1.54) is 0 Å². The molecule has 2 fully saturated rings. The third-order valence-electron chi connectivity index (χ3n) is 3.04. The smallest absolute Gasteiger partial charge is 0.225 e. The molecule has 0 spiro atoms. The van der Waals surface area contributed by atoms with Crippen LogP contribution < -0.4 is 0 Å². The number of likely N-dealkylation sites (tertiary alicyclic amines) is 1. The first-order valence-electron chi connectivity index (χ1n) is 5.22. The van der Waals surface area contributed by atoms with Gasteiger partial charge in [-0.25, -0.2) is 0 Å². The number of carbonyl (C=O) groups excluding carboxylic acids is 1. The number of nitrogens with zero attached hydrogens (tertiary/aromatic N) is 3. The molecule has 80 valence electrons. The fraction of sp³-hybridized carbons (Fsp3) is 0.600. The summed E-state index contributed by atoms with van der Waals surface area (Å²) in [5, 5.41) is 4.22. The van der Waals surface area contributed by atoms with Gasteiger partial charge in [-0.2, -0.15) is 5.10 Å². The SMILES string of the molecule is O=C(C1CC1)N1CC(n2cc(Br)cn2)C1. The van der Waals surface area contributed by atoms with Crippen molar-refractivity contribution in [3.05, 3.63) is 16.9 Å². The highest BCUT2D eigenvalue weighted by molar-refractivity contribution is 9.10. The summed E-state index contributed by atoms with van der Waals surface area (Å²) in [6.45, 7) is 1.65. The number of rotatable bonds is 2. The van der Waals surface area contributed by atoms with Gasteiger partial charge in [0.2, 0.25) is 5.91 Å². The first-order chi connectivity index (χ1) is 7.24. The second kappa shape index (κ2) is 3.33. The monoisotopic (exact) mass is 269 g/mol. The van der Waals surface area contributed by atoms with Crippen LogP contribution in [0.4, 0.5) is 0 Å². The Hall–Kier alpha value is -0.840. The van der Waals surface area contributed by atoms with Crippen LogP contribution in [0.2, 0.25) is 0 Å². The maximum Gasteiger partial charge on any atom is 0.225 e. The summed E-state index contributed by atoms with van der Waals surface area (Å²) in [6.07, 6.45) is 5.93. The third kappa shape index (κ3) is 1.69.